The van der Waals surface area contributed by atoms with Crippen LogP contribution in [0, 0.1) is 28.9 Å². The van der Waals surface area contributed by atoms with Crippen molar-refractivity contribution in [3.05, 3.63) is 29.8 Å². The summed E-state index contributed by atoms with van der Waals surface area (Å²) in [6.07, 6.45) is 3.89. The highest BCUT2D eigenvalue weighted by Gasteiger charge is 2.26. The number of hydrogen-bond acceptors (Lipinski definition) is 2. The van der Waals surface area contributed by atoms with Gasteiger partial charge in [0.05, 0.1) is 12.0 Å². The molecule has 90 valence electrons. The Morgan fingerprint density at radius 2 is 2.00 bits per heavy atom. The third-order valence-electron chi connectivity index (χ3n) is 3.04. The van der Waals surface area contributed by atoms with Crippen LogP contribution in [0.3, 0.4) is 0 Å². The molecule has 2 rings (SSSR count). The molecule has 0 aromatic heterocycles. The summed E-state index contributed by atoms with van der Waals surface area (Å²) >= 11 is 1.30. The Bertz CT molecular complexity index is 442. The fraction of sp³-hybridized carbons (Fsp3) is 0.462. The number of halogens is 2. The third-order valence-corrected chi connectivity index (χ3v) is 4.47. The Balaban J connectivity index is 2.14. The molecule has 17 heavy (non-hydrogen) atoms. The molecule has 4 heteroatoms. The number of hydrogen-bond donors (Lipinski definition) is 0. The van der Waals surface area contributed by atoms with Gasteiger partial charge in [0.2, 0.25) is 0 Å². The van der Waals surface area contributed by atoms with E-state index in [-0.39, 0.29) is 11.2 Å². The lowest BCUT2D eigenvalue weighted by atomic mass is 9.90. The lowest BCUT2D eigenvalue weighted by Gasteiger charge is -2.26. The van der Waals surface area contributed by atoms with E-state index in [4.69, 9.17) is 5.26 Å². The van der Waals surface area contributed by atoms with E-state index >= 15 is 0 Å². The van der Waals surface area contributed by atoms with Crippen LogP contribution < -0.4 is 0 Å². The van der Waals surface area contributed by atoms with Crippen molar-refractivity contribution < 1.29 is 8.78 Å². The molecule has 0 saturated heterocycles. The SMILES string of the molecule is N#CC1CCCCC1Sc1cc(F)ccc1F. The molecule has 0 N–H and O–H groups in total. The lowest BCUT2D eigenvalue weighted by molar-refractivity contribution is 0.439. The van der Waals surface area contributed by atoms with Crippen molar-refractivity contribution in [1.82, 2.24) is 0 Å². The standard InChI is InChI=1S/C13H13F2NS/c14-10-5-6-11(15)13(7-10)17-12-4-2-1-3-9(12)8-16/h5-7,9,12H,1-4H2. The molecule has 0 amide bonds. The molecule has 0 heterocycles. The van der Waals surface area contributed by atoms with E-state index < -0.39 is 11.6 Å². The predicted molar refractivity (Wildman–Crippen MR) is 63.6 cm³/mol. The molecular formula is C13H13F2NS. The quantitative estimate of drug-likeness (QED) is 0.791. The van der Waals surface area contributed by atoms with Crippen LogP contribution in [0.15, 0.2) is 23.1 Å². The summed E-state index contributed by atoms with van der Waals surface area (Å²) in [6, 6.07) is 5.74. The van der Waals surface area contributed by atoms with E-state index in [0.717, 1.165) is 37.8 Å². The minimum absolute atomic E-state index is 0.0450. The largest absolute Gasteiger partial charge is 0.207 e. The normalized spacial score (nSPS) is 24.3. The highest BCUT2D eigenvalue weighted by molar-refractivity contribution is 8.00. The Morgan fingerprint density at radius 1 is 1.24 bits per heavy atom. The summed E-state index contributed by atoms with van der Waals surface area (Å²) < 4.78 is 26.5. The Morgan fingerprint density at radius 3 is 2.76 bits per heavy atom. The van der Waals surface area contributed by atoms with Gasteiger partial charge in [-0.3, -0.25) is 0 Å². The molecule has 1 nitrogen and oxygen atoms in total. The Kier molecular flexibility index (Phi) is 4.01. The zero-order chi connectivity index (χ0) is 12.3. The zero-order valence-electron chi connectivity index (χ0n) is 9.33. The molecule has 1 aliphatic rings. The van der Waals surface area contributed by atoms with E-state index in [9.17, 15) is 8.78 Å². The summed E-state index contributed by atoms with van der Waals surface area (Å²) in [7, 11) is 0. The molecule has 0 spiro atoms. The first kappa shape index (κ1) is 12.4. The second-order valence-corrected chi connectivity index (χ2v) is 5.53. The van der Waals surface area contributed by atoms with Crippen molar-refractivity contribution in [3.8, 4) is 6.07 Å². The van der Waals surface area contributed by atoms with Gasteiger partial charge in [-0.2, -0.15) is 5.26 Å². The van der Waals surface area contributed by atoms with Gasteiger partial charge in [0.15, 0.2) is 0 Å². The smallest absolute Gasteiger partial charge is 0.136 e. The molecule has 1 saturated carbocycles. The molecule has 1 aromatic rings. The van der Waals surface area contributed by atoms with Crippen LogP contribution in [-0.2, 0) is 0 Å². The average Bonchev–Trinajstić information content (AvgIpc) is 2.34. The number of benzene rings is 1. The maximum Gasteiger partial charge on any atom is 0.136 e. The van der Waals surface area contributed by atoms with Gasteiger partial charge in [0.25, 0.3) is 0 Å². The summed E-state index contributed by atoms with van der Waals surface area (Å²) in [6.45, 7) is 0. The van der Waals surface area contributed by atoms with Crippen LogP contribution in [0.4, 0.5) is 8.78 Å². The molecule has 0 bridgehead atoms. The minimum atomic E-state index is -0.432. The van der Waals surface area contributed by atoms with Crippen molar-refractivity contribution in [1.29, 1.82) is 5.26 Å². The molecule has 0 aliphatic heterocycles. The van der Waals surface area contributed by atoms with Gasteiger partial charge >= 0.3 is 0 Å². The van der Waals surface area contributed by atoms with Crippen LogP contribution in [0.2, 0.25) is 0 Å². The Labute approximate surface area is 104 Å². The van der Waals surface area contributed by atoms with Crippen molar-refractivity contribution in [2.75, 3.05) is 0 Å². The predicted octanol–water partition coefficient (Wildman–Crippen LogP) is 4.14. The van der Waals surface area contributed by atoms with Crippen LogP contribution in [0.25, 0.3) is 0 Å². The molecule has 0 radical (unpaired) electrons. The molecule has 1 fully saturated rings. The van der Waals surface area contributed by atoms with E-state index in [1.165, 1.54) is 17.8 Å². The first-order valence-corrected chi connectivity index (χ1v) is 6.60. The molecule has 2 atom stereocenters. The van der Waals surface area contributed by atoms with Gasteiger partial charge in [0, 0.05) is 10.1 Å². The van der Waals surface area contributed by atoms with Gasteiger partial charge < -0.3 is 0 Å². The van der Waals surface area contributed by atoms with Crippen molar-refractivity contribution in [2.45, 2.75) is 35.8 Å². The van der Waals surface area contributed by atoms with Gasteiger partial charge in [-0.1, -0.05) is 12.8 Å². The highest BCUT2D eigenvalue weighted by Crippen LogP contribution is 2.38. The summed E-state index contributed by atoms with van der Waals surface area (Å²) in [5, 5.41) is 9.12. The Hall–Kier alpha value is -1.08. The fourth-order valence-electron chi connectivity index (χ4n) is 2.12. The molecule has 1 aliphatic carbocycles. The van der Waals surface area contributed by atoms with Gasteiger partial charge in [0.1, 0.15) is 11.6 Å². The van der Waals surface area contributed by atoms with Crippen LogP contribution >= 0.6 is 11.8 Å². The second-order valence-electron chi connectivity index (χ2n) is 4.25. The fourth-order valence-corrected chi connectivity index (χ4v) is 3.45. The first-order chi connectivity index (χ1) is 8.20. The highest BCUT2D eigenvalue weighted by atomic mass is 32.2. The second kappa shape index (κ2) is 5.50. The van der Waals surface area contributed by atoms with E-state index in [1.54, 1.807) is 0 Å². The summed E-state index contributed by atoms with van der Waals surface area (Å²) in [4.78, 5) is 0.317. The van der Waals surface area contributed by atoms with E-state index in [2.05, 4.69) is 6.07 Å². The molecule has 2 unspecified atom stereocenters. The van der Waals surface area contributed by atoms with Crippen LogP contribution in [0.1, 0.15) is 25.7 Å². The third kappa shape index (κ3) is 2.98. The van der Waals surface area contributed by atoms with Crippen molar-refractivity contribution >= 4 is 11.8 Å². The van der Waals surface area contributed by atoms with Crippen molar-refractivity contribution in [3.63, 3.8) is 0 Å². The van der Waals surface area contributed by atoms with Crippen LogP contribution in [-0.4, -0.2) is 5.25 Å². The minimum Gasteiger partial charge on any atom is -0.207 e. The van der Waals surface area contributed by atoms with Gasteiger partial charge in [-0.05, 0) is 31.0 Å². The monoisotopic (exact) mass is 253 g/mol. The lowest BCUT2D eigenvalue weighted by Crippen LogP contribution is -2.20. The number of rotatable bonds is 2. The number of nitrogens with zero attached hydrogens (tertiary/aromatic N) is 1. The maximum atomic E-state index is 13.5. The summed E-state index contributed by atoms with van der Waals surface area (Å²) in [5.74, 6) is -0.881. The van der Waals surface area contributed by atoms with Crippen molar-refractivity contribution in [2.24, 2.45) is 5.92 Å². The first-order valence-electron chi connectivity index (χ1n) is 5.72. The number of thioether (sulfide) groups is 1. The van der Waals surface area contributed by atoms with E-state index in [0.29, 0.717) is 4.90 Å². The average molecular weight is 253 g/mol. The zero-order valence-corrected chi connectivity index (χ0v) is 10.1. The summed E-state index contributed by atoms with van der Waals surface area (Å²) in [5.41, 5.74) is 0. The van der Waals surface area contributed by atoms with Gasteiger partial charge in [-0.15, -0.1) is 11.8 Å². The van der Waals surface area contributed by atoms with E-state index in [1.807, 2.05) is 0 Å². The molecular weight excluding hydrogens is 240 g/mol. The molecule has 1 aromatic carbocycles. The topological polar surface area (TPSA) is 23.8 Å². The number of nitriles is 1. The van der Waals surface area contributed by atoms with Crippen LogP contribution in [0.5, 0.6) is 0 Å². The van der Waals surface area contributed by atoms with Gasteiger partial charge in [-0.25, -0.2) is 8.78 Å². The maximum absolute atomic E-state index is 13.5.